The summed E-state index contributed by atoms with van der Waals surface area (Å²) in [6.45, 7) is 3.90. The molecule has 18 heavy (non-hydrogen) atoms. The Kier molecular flexibility index (Phi) is 4.78. The van der Waals surface area contributed by atoms with Gasteiger partial charge in [-0.25, -0.2) is 0 Å². The van der Waals surface area contributed by atoms with Crippen LogP contribution in [0.15, 0.2) is 4.47 Å². The molecule has 1 aromatic rings. The third kappa shape index (κ3) is 3.47. The predicted octanol–water partition coefficient (Wildman–Crippen LogP) is 2.50. The van der Waals surface area contributed by atoms with E-state index in [1.807, 2.05) is 0 Å². The van der Waals surface area contributed by atoms with Crippen molar-refractivity contribution in [2.24, 2.45) is 0 Å². The summed E-state index contributed by atoms with van der Waals surface area (Å²) in [5, 5.41) is 6.05. The highest BCUT2D eigenvalue weighted by Crippen LogP contribution is 2.35. The number of amides is 1. The van der Waals surface area contributed by atoms with E-state index in [-0.39, 0.29) is 23.3 Å². The van der Waals surface area contributed by atoms with Crippen molar-refractivity contribution >= 4 is 21.8 Å². The summed E-state index contributed by atoms with van der Waals surface area (Å²) in [7, 11) is 0. The molecule has 1 rings (SSSR count). The average Bonchev–Trinajstić information content (AvgIpc) is 2.53. The molecule has 1 N–H and O–H groups in total. The van der Waals surface area contributed by atoms with Gasteiger partial charge in [0.2, 0.25) is 5.91 Å². The molecule has 0 aliphatic heterocycles. The highest BCUT2D eigenvalue weighted by molar-refractivity contribution is 9.10. The van der Waals surface area contributed by atoms with Gasteiger partial charge in [-0.1, -0.05) is 0 Å². The fourth-order valence-electron chi connectivity index (χ4n) is 1.42. The highest BCUT2D eigenvalue weighted by atomic mass is 79.9. The Morgan fingerprint density at radius 1 is 1.50 bits per heavy atom. The third-order valence-electron chi connectivity index (χ3n) is 2.33. The Balaban J connectivity index is 2.82. The van der Waals surface area contributed by atoms with Crippen LogP contribution in [-0.2, 0) is 17.5 Å². The molecule has 8 heteroatoms. The molecule has 0 fully saturated rings. The zero-order chi connectivity index (χ0) is 13.9. The molecule has 4 nitrogen and oxygen atoms in total. The van der Waals surface area contributed by atoms with Crippen LogP contribution >= 0.6 is 15.9 Å². The second-order valence-corrected chi connectivity index (χ2v) is 4.47. The highest BCUT2D eigenvalue weighted by Gasteiger charge is 2.37. The van der Waals surface area contributed by atoms with Gasteiger partial charge in [0.1, 0.15) is 0 Å². The molecule has 0 aliphatic carbocycles. The van der Waals surface area contributed by atoms with Gasteiger partial charge in [-0.2, -0.15) is 18.3 Å². The summed E-state index contributed by atoms with van der Waals surface area (Å²) < 4.78 is 38.8. The van der Waals surface area contributed by atoms with Crippen LogP contribution in [-0.4, -0.2) is 22.2 Å². The van der Waals surface area contributed by atoms with E-state index >= 15 is 0 Å². The van der Waals surface area contributed by atoms with Crippen molar-refractivity contribution in [1.82, 2.24) is 15.1 Å². The number of rotatable bonds is 4. The summed E-state index contributed by atoms with van der Waals surface area (Å²) in [5.41, 5.74) is -0.609. The van der Waals surface area contributed by atoms with Crippen LogP contribution in [0.4, 0.5) is 13.2 Å². The van der Waals surface area contributed by atoms with Gasteiger partial charge >= 0.3 is 6.18 Å². The summed E-state index contributed by atoms with van der Waals surface area (Å²) in [4.78, 5) is 11.2. The molecule has 1 amide bonds. The number of nitrogens with one attached hydrogen (secondary N) is 1. The molecular weight excluding hydrogens is 315 g/mol. The Labute approximate surface area is 111 Å². The van der Waals surface area contributed by atoms with E-state index in [1.165, 1.54) is 11.6 Å². The maximum absolute atomic E-state index is 12.6. The molecule has 0 aliphatic rings. The monoisotopic (exact) mass is 327 g/mol. The molecule has 1 aromatic heterocycles. The first-order chi connectivity index (χ1) is 8.27. The number of hydrogen-bond acceptors (Lipinski definition) is 2. The van der Waals surface area contributed by atoms with Crippen molar-refractivity contribution in [2.75, 3.05) is 6.54 Å². The number of aryl methyl sites for hydroxylation is 1. The second kappa shape index (κ2) is 5.73. The van der Waals surface area contributed by atoms with Crippen LogP contribution in [0.3, 0.4) is 0 Å². The predicted molar refractivity (Wildman–Crippen MR) is 63.0 cm³/mol. The smallest absolute Gasteiger partial charge is 0.356 e. The van der Waals surface area contributed by atoms with Crippen molar-refractivity contribution in [2.45, 2.75) is 33.0 Å². The van der Waals surface area contributed by atoms with Crippen molar-refractivity contribution in [3.05, 3.63) is 15.9 Å². The van der Waals surface area contributed by atoms with Gasteiger partial charge in [-0.15, -0.1) is 0 Å². The van der Waals surface area contributed by atoms with Crippen molar-refractivity contribution in [3.63, 3.8) is 0 Å². The maximum Gasteiger partial charge on any atom is 0.436 e. The first-order valence-electron chi connectivity index (χ1n) is 5.34. The first-order valence-corrected chi connectivity index (χ1v) is 6.13. The molecule has 0 saturated carbocycles. The zero-order valence-electron chi connectivity index (χ0n) is 9.94. The number of halogens is 4. The Morgan fingerprint density at radius 3 is 2.56 bits per heavy atom. The number of carbonyl (C=O) groups excluding carboxylic acids is 1. The fraction of sp³-hybridized carbons (Fsp3) is 0.600. The topological polar surface area (TPSA) is 46.9 Å². The molecule has 102 valence electrons. The third-order valence-corrected chi connectivity index (χ3v) is 3.28. The lowest BCUT2D eigenvalue weighted by Gasteiger charge is -2.04. The first kappa shape index (κ1) is 15.0. The molecule has 0 spiro atoms. The molecule has 0 radical (unpaired) electrons. The SMILES string of the molecule is CCNC(=O)CCn1nc(C(F)(F)F)c(Br)c1C. The van der Waals surface area contributed by atoms with Crippen LogP contribution in [0.1, 0.15) is 24.7 Å². The molecule has 0 aromatic carbocycles. The molecule has 0 atom stereocenters. The molecule has 0 saturated heterocycles. The number of alkyl halides is 3. The number of hydrogen-bond donors (Lipinski definition) is 1. The summed E-state index contributed by atoms with van der Waals surface area (Å²) in [6, 6.07) is 0. The minimum Gasteiger partial charge on any atom is -0.356 e. The van der Waals surface area contributed by atoms with Crippen LogP contribution in [0.25, 0.3) is 0 Å². The quantitative estimate of drug-likeness (QED) is 0.923. The van der Waals surface area contributed by atoms with E-state index in [4.69, 9.17) is 0 Å². The average molecular weight is 328 g/mol. The minimum absolute atomic E-state index is 0.0779. The van der Waals surface area contributed by atoms with Crippen LogP contribution in [0.2, 0.25) is 0 Å². The van der Waals surface area contributed by atoms with Gasteiger partial charge in [0.25, 0.3) is 0 Å². The summed E-state index contributed by atoms with van der Waals surface area (Å²) in [5.74, 6) is -0.211. The van der Waals surface area contributed by atoms with E-state index in [0.717, 1.165) is 0 Å². The molecule has 0 unspecified atom stereocenters. The Morgan fingerprint density at radius 2 is 2.11 bits per heavy atom. The van der Waals surface area contributed by atoms with Crippen LogP contribution in [0, 0.1) is 6.92 Å². The standard InChI is InChI=1S/C10H13BrF3N3O/c1-3-15-7(18)4-5-17-6(2)8(11)9(16-17)10(12,13)14/h3-5H2,1-2H3,(H,15,18). The van der Waals surface area contributed by atoms with E-state index < -0.39 is 11.9 Å². The van der Waals surface area contributed by atoms with Gasteiger partial charge in [-0.3, -0.25) is 9.48 Å². The summed E-state index contributed by atoms with van der Waals surface area (Å²) in [6.07, 6.45) is -4.40. The van der Waals surface area contributed by atoms with Gasteiger partial charge in [0.05, 0.1) is 16.7 Å². The van der Waals surface area contributed by atoms with Crippen LogP contribution in [0.5, 0.6) is 0 Å². The molecule has 1 heterocycles. The number of carbonyl (C=O) groups is 1. The molecule has 0 bridgehead atoms. The van der Waals surface area contributed by atoms with Gasteiger partial charge in [-0.05, 0) is 29.8 Å². The van der Waals surface area contributed by atoms with Gasteiger partial charge in [0.15, 0.2) is 5.69 Å². The Hall–Kier alpha value is -1.05. The van der Waals surface area contributed by atoms with Crippen molar-refractivity contribution in [1.29, 1.82) is 0 Å². The van der Waals surface area contributed by atoms with Crippen LogP contribution < -0.4 is 5.32 Å². The Bertz CT molecular complexity index is 442. The second-order valence-electron chi connectivity index (χ2n) is 3.67. The molecular formula is C10H13BrF3N3O. The lowest BCUT2D eigenvalue weighted by Crippen LogP contribution is -2.24. The lowest BCUT2D eigenvalue weighted by atomic mass is 10.3. The lowest BCUT2D eigenvalue weighted by molar-refractivity contribution is -0.142. The largest absolute Gasteiger partial charge is 0.436 e. The maximum atomic E-state index is 12.6. The van der Waals surface area contributed by atoms with Crippen molar-refractivity contribution in [3.8, 4) is 0 Å². The minimum atomic E-state index is -4.50. The normalized spacial score (nSPS) is 11.7. The fourth-order valence-corrected chi connectivity index (χ4v) is 1.92. The van der Waals surface area contributed by atoms with Gasteiger partial charge in [0, 0.05) is 13.0 Å². The van der Waals surface area contributed by atoms with E-state index in [0.29, 0.717) is 12.2 Å². The van der Waals surface area contributed by atoms with E-state index in [2.05, 4.69) is 26.3 Å². The van der Waals surface area contributed by atoms with Crippen molar-refractivity contribution < 1.29 is 18.0 Å². The zero-order valence-corrected chi connectivity index (χ0v) is 11.5. The number of nitrogens with zero attached hydrogens (tertiary/aromatic N) is 2. The van der Waals surface area contributed by atoms with Gasteiger partial charge < -0.3 is 5.32 Å². The number of aromatic nitrogens is 2. The van der Waals surface area contributed by atoms with E-state index in [1.54, 1.807) is 6.92 Å². The van der Waals surface area contributed by atoms with E-state index in [9.17, 15) is 18.0 Å². The summed E-state index contributed by atoms with van der Waals surface area (Å²) >= 11 is 2.87.